The Kier molecular flexibility index (Phi) is 3.75. The summed E-state index contributed by atoms with van der Waals surface area (Å²) in [5, 5.41) is 0. The molecule has 0 fully saturated rings. The van der Waals surface area contributed by atoms with E-state index in [1.165, 1.54) is 10.4 Å². The second kappa shape index (κ2) is 5.69. The highest BCUT2D eigenvalue weighted by molar-refractivity contribution is 7.17. The Morgan fingerprint density at radius 1 is 1.33 bits per heavy atom. The smallest absolute Gasteiger partial charge is 0.194 e. The van der Waals surface area contributed by atoms with Crippen molar-refractivity contribution in [1.29, 1.82) is 0 Å². The molecular weight excluding hydrogens is 284 g/mol. The molecule has 0 unspecified atom stereocenters. The van der Waals surface area contributed by atoms with E-state index >= 15 is 0 Å². The van der Waals surface area contributed by atoms with E-state index in [4.69, 9.17) is 4.74 Å². The van der Waals surface area contributed by atoms with Crippen LogP contribution >= 0.6 is 11.3 Å². The van der Waals surface area contributed by atoms with E-state index in [0.29, 0.717) is 12.3 Å². The monoisotopic (exact) mass is 300 g/mol. The van der Waals surface area contributed by atoms with Gasteiger partial charge in [-0.05, 0) is 31.5 Å². The van der Waals surface area contributed by atoms with Gasteiger partial charge in [-0.3, -0.25) is 9.20 Å². The lowest BCUT2D eigenvalue weighted by Crippen LogP contribution is -1.95. The minimum absolute atomic E-state index is 0.608. The van der Waals surface area contributed by atoms with Gasteiger partial charge >= 0.3 is 0 Å². The lowest BCUT2D eigenvalue weighted by Gasteiger charge is -2.05. The second-order valence-corrected chi connectivity index (χ2v) is 5.85. The van der Waals surface area contributed by atoms with Gasteiger partial charge in [0.1, 0.15) is 11.4 Å². The molecule has 0 saturated heterocycles. The van der Waals surface area contributed by atoms with E-state index in [0.717, 1.165) is 29.1 Å². The minimum atomic E-state index is 0.608. The highest BCUT2D eigenvalue weighted by atomic mass is 32.1. The fourth-order valence-electron chi connectivity index (χ4n) is 2.37. The first-order valence-electron chi connectivity index (χ1n) is 6.85. The number of nitrogens with zero attached hydrogens (tertiary/aromatic N) is 2. The van der Waals surface area contributed by atoms with Crippen LogP contribution in [0.3, 0.4) is 0 Å². The van der Waals surface area contributed by atoms with Crippen LogP contribution in [0.15, 0.2) is 30.5 Å². The zero-order valence-electron chi connectivity index (χ0n) is 12.0. The third-order valence-electron chi connectivity index (χ3n) is 3.43. The van der Waals surface area contributed by atoms with Crippen LogP contribution in [0.5, 0.6) is 5.75 Å². The van der Waals surface area contributed by atoms with E-state index in [1.807, 2.05) is 30.4 Å². The summed E-state index contributed by atoms with van der Waals surface area (Å²) < 4.78 is 7.37. The SMILES string of the molecule is CCOc1ccc(Cc2sc3ncc(C=O)n3c2C)cc1. The van der Waals surface area contributed by atoms with Crippen LogP contribution in [0, 0.1) is 6.92 Å². The third-order valence-corrected chi connectivity index (χ3v) is 4.59. The molecule has 0 N–H and O–H groups in total. The molecule has 0 spiro atoms. The Hall–Kier alpha value is -2.14. The number of aryl methyl sites for hydroxylation is 1. The number of rotatable bonds is 5. The molecule has 0 aliphatic carbocycles. The van der Waals surface area contributed by atoms with Crippen molar-refractivity contribution < 1.29 is 9.53 Å². The van der Waals surface area contributed by atoms with Crippen molar-refractivity contribution in [2.45, 2.75) is 20.3 Å². The molecule has 0 amide bonds. The molecule has 5 heteroatoms. The summed E-state index contributed by atoms with van der Waals surface area (Å²) in [6.45, 7) is 4.68. The standard InChI is InChI=1S/C16H16N2O2S/c1-3-20-14-6-4-12(5-7-14)8-15-11(2)18-13(10-19)9-17-16(18)21-15/h4-7,9-10H,3,8H2,1-2H3. The Balaban J connectivity index is 1.89. The zero-order chi connectivity index (χ0) is 14.8. The molecule has 2 aromatic heterocycles. The number of imidazole rings is 1. The molecule has 1 aromatic carbocycles. The predicted molar refractivity (Wildman–Crippen MR) is 83.6 cm³/mol. The summed E-state index contributed by atoms with van der Waals surface area (Å²) in [5.41, 5.74) is 2.92. The maximum absolute atomic E-state index is 11.0. The summed E-state index contributed by atoms with van der Waals surface area (Å²) in [5.74, 6) is 0.891. The van der Waals surface area contributed by atoms with Gasteiger partial charge in [-0.25, -0.2) is 4.98 Å². The maximum atomic E-state index is 11.0. The van der Waals surface area contributed by atoms with Gasteiger partial charge in [-0.15, -0.1) is 11.3 Å². The number of hydrogen-bond donors (Lipinski definition) is 0. The van der Waals surface area contributed by atoms with Gasteiger partial charge in [0.05, 0.1) is 12.8 Å². The van der Waals surface area contributed by atoms with Gasteiger partial charge in [-0.2, -0.15) is 0 Å². The quantitative estimate of drug-likeness (QED) is 0.677. The van der Waals surface area contributed by atoms with Crippen LogP contribution in [-0.2, 0) is 6.42 Å². The molecule has 0 aliphatic rings. The summed E-state index contributed by atoms with van der Waals surface area (Å²) in [6.07, 6.45) is 3.30. The van der Waals surface area contributed by atoms with E-state index in [9.17, 15) is 4.79 Å². The minimum Gasteiger partial charge on any atom is -0.494 e. The van der Waals surface area contributed by atoms with Crippen LogP contribution in [0.4, 0.5) is 0 Å². The number of ether oxygens (including phenoxy) is 1. The highest BCUT2D eigenvalue weighted by Crippen LogP contribution is 2.26. The molecule has 4 nitrogen and oxygen atoms in total. The van der Waals surface area contributed by atoms with Gasteiger partial charge in [0, 0.05) is 17.0 Å². The fourth-order valence-corrected chi connectivity index (χ4v) is 3.51. The number of aldehydes is 1. The summed E-state index contributed by atoms with van der Waals surface area (Å²) in [4.78, 5) is 17.4. The first-order chi connectivity index (χ1) is 10.2. The molecule has 108 valence electrons. The van der Waals surface area contributed by atoms with Crippen LogP contribution in [0.2, 0.25) is 0 Å². The number of fused-ring (bicyclic) bond motifs is 1. The Bertz CT molecular complexity index is 772. The second-order valence-electron chi connectivity index (χ2n) is 4.78. The van der Waals surface area contributed by atoms with Gasteiger partial charge in [0.25, 0.3) is 0 Å². The third kappa shape index (κ3) is 2.56. The summed E-state index contributed by atoms with van der Waals surface area (Å²) in [7, 11) is 0. The molecule has 0 saturated carbocycles. The van der Waals surface area contributed by atoms with E-state index in [1.54, 1.807) is 17.5 Å². The van der Waals surface area contributed by atoms with E-state index in [2.05, 4.69) is 17.1 Å². The number of carbonyl (C=O) groups excluding carboxylic acids is 1. The van der Waals surface area contributed by atoms with Gasteiger partial charge in [0.15, 0.2) is 11.2 Å². The van der Waals surface area contributed by atoms with Crippen molar-refractivity contribution in [2.24, 2.45) is 0 Å². The number of benzene rings is 1. The number of thiazole rings is 1. The van der Waals surface area contributed by atoms with E-state index in [-0.39, 0.29) is 0 Å². The van der Waals surface area contributed by atoms with Crippen molar-refractivity contribution in [1.82, 2.24) is 9.38 Å². The van der Waals surface area contributed by atoms with Crippen molar-refractivity contribution in [3.8, 4) is 5.75 Å². The van der Waals surface area contributed by atoms with Crippen LogP contribution < -0.4 is 4.74 Å². The van der Waals surface area contributed by atoms with Crippen molar-refractivity contribution in [2.75, 3.05) is 6.61 Å². The molecule has 0 atom stereocenters. The Morgan fingerprint density at radius 3 is 2.76 bits per heavy atom. The number of hydrogen-bond acceptors (Lipinski definition) is 4. The largest absolute Gasteiger partial charge is 0.494 e. The Labute approximate surface area is 127 Å². The Morgan fingerprint density at radius 2 is 2.10 bits per heavy atom. The maximum Gasteiger partial charge on any atom is 0.194 e. The molecular formula is C16H16N2O2S. The van der Waals surface area contributed by atoms with Gasteiger partial charge in [-0.1, -0.05) is 12.1 Å². The fraction of sp³-hybridized carbons (Fsp3) is 0.250. The molecule has 3 rings (SSSR count). The molecule has 2 heterocycles. The predicted octanol–water partition coefficient (Wildman–Crippen LogP) is 3.51. The lowest BCUT2D eigenvalue weighted by atomic mass is 10.1. The van der Waals surface area contributed by atoms with Gasteiger partial charge in [0.2, 0.25) is 0 Å². The molecule has 3 aromatic rings. The average molecular weight is 300 g/mol. The number of carbonyl (C=O) groups is 1. The van der Waals surface area contributed by atoms with Crippen LogP contribution in [0.1, 0.15) is 33.5 Å². The van der Waals surface area contributed by atoms with Crippen molar-refractivity contribution >= 4 is 22.6 Å². The van der Waals surface area contributed by atoms with Crippen molar-refractivity contribution in [3.05, 3.63) is 52.3 Å². The summed E-state index contributed by atoms with van der Waals surface area (Å²) >= 11 is 1.63. The molecule has 21 heavy (non-hydrogen) atoms. The van der Waals surface area contributed by atoms with Crippen LogP contribution in [-0.4, -0.2) is 22.3 Å². The summed E-state index contributed by atoms with van der Waals surface area (Å²) in [6, 6.07) is 8.13. The normalized spacial score (nSPS) is 11.0. The van der Waals surface area contributed by atoms with E-state index < -0.39 is 0 Å². The first-order valence-corrected chi connectivity index (χ1v) is 7.67. The first kappa shape index (κ1) is 13.8. The lowest BCUT2D eigenvalue weighted by molar-refractivity contribution is 0.111. The van der Waals surface area contributed by atoms with Gasteiger partial charge < -0.3 is 4.74 Å². The van der Waals surface area contributed by atoms with Crippen LogP contribution in [0.25, 0.3) is 4.96 Å². The highest BCUT2D eigenvalue weighted by Gasteiger charge is 2.13. The number of aromatic nitrogens is 2. The average Bonchev–Trinajstić information content (AvgIpc) is 3.03. The topological polar surface area (TPSA) is 43.6 Å². The molecule has 0 radical (unpaired) electrons. The molecule has 0 bridgehead atoms. The zero-order valence-corrected chi connectivity index (χ0v) is 12.8. The molecule has 0 aliphatic heterocycles. The van der Waals surface area contributed by atoms with Crippen molar-refractivity contribution in [3.63, 3.8) is 0 Å².